The Kier molecular flexibility index (Phi) is 39.9. The van der Waals surface area contributed by atoms with E-state index in [-0.39, 0.29) is 0 Å². The quantitative estimate of drug-likeness (QED) is 0.506. The zero-order valence-electron chi connectivity index (χ0n) is 11.2. The molecule has 13 heavy (non-hydrogen) atoms. The molecule has 84 valence electrons. The van der Waals surface area contributed by atoms with E-state index in [0.717, 1.165) is 6.29 Å². The summed E-state index contributed by atoms with van der Waals surface area (Å²) < 4.78 is 0. The summed E-state index contributed by atoms with van der Waals surface area (Å²) in [4.78, 5) is 8.81. The first-order chi connectivity index (χ1) is 5.83. The average molecular weight is 190 g/mol. The van der Waals surface area contributed by atoms with Crippen LogP contribution < -0.4 is 0 Å². The van der Waals surface area contributed by atoms with Gasteiger partial charge in [0.2, 0.25) is 0 Å². The Morgan fingerprint density at radius 3 is 1.00 bits per heavy atom. The second-order valence-electron chi connectivity index (χ2n) is 3.94. The standard InChI is InChI=1S/C5H12.C3H8.C2H4O.C2H6/c1-5(2,3)4;1-3-2;1-2-3;1-2/h1-4H3;3H2,1-2H3;2H,1H3;1-2H3. The van der Waals surface area contributed by atoms with Crippen LogP contribution >= 0.6 is 0 Å². The smallest absolute Gasteiger partial charge is 0.116 e. The molecule has 0 rings (SSSR count). The van der Waals surface area contributed by atoms with E-state index in [0.29, 0.717) is 5.41 Å². The van der Waals surface area contributed by atoms with Gasteiger partial charge in [0.15, 0.2) is 0 Å². The van der Waals surface area contributed by atoms with Crippen molar-refractivity contribution < 1.29 is 4.79 Å². The van der Waals surface area contributed by atoms with Crippen molar-refractivity contribution in [1.29, 1.82) is 0 Å². The lowest BCUT2D eigenvalue weighted by atomic mass is 10.0. The maximum Gasteiger partial charge on any atom is 0.116 e. The van der Waals surface area contributed by atoms with Crippen molar-refractivity contribution >= 4 is 6.29 Å². The van der Waals surface area contributed by atoms with Crippen LogP contribution in [-0.2, 0) is 4.79 Å². The Bertz CT molecular complexity index is 54.0. The summed E-state index contributed by atoms with van der Waals surface area (Å²) in [6, 6.07) is 0. The van der Waals surface area contributed by atoms with Crippen molar-refractivity contribution in [3.63, 3.8) is 0 Å². The molecule has 0 aromatic rings. The summed E-state index contributed by atoms with van der Waals surface area (Å²) >= 11 is 0. The first-order valence-corrected chi connectivity index (χ1v) is 5.23. The maximum atomic E-state index is 8.81. The van der Waals surface area contributed by atoms with Gasteiger partial charge in [-0.3, -0.25) is 0 Å². The Balaban J connectivity index is -0.0000000446. The zero-order valence-corrected chi connectivity index (χ0v) is 11.2. The third-order valence-electron chi connectivity index (χ3n) is 0. The summed E-state index contributed by atoms with van der Waals surface area (Å²) in [6.45, 7) is 18.4. The Labute approximate surface area is 85.9 Å². The summed E-state index contributed by atoms with van der Waals surface area (Å²) in [5, 5.41) is 0. The van der Waals surface area contributed by atoms with Gasteiger partial charge < -0.3 is 4.79 Å². The summed E-state index contributed by atoms with van der Waals surface area (Å²) in [5.74, 6) is 0. The predicted molar refractivity (Wildman–Crippen MR) is 64.2 cm³/mol. The molecule has 0 N–H and O–H groups in total. The van der Waals surface area contributed by atoms with E-state index in [1.54, 1.807) is 0 Å². The molecule has 0 saturated heterocycles. The van der Waals surface area contributed by atoms with Gasteiger partial charge in [0, 0.05) is 0 Å². The number of carbonyl (C=O) groups excluding carboxylic acids is 1. The maximum absolute atomic E-state index is 8.81. The first kappa shape index (κ1) is 23.0. The van der Waals surface area contributed by atoms with Gasteiger partial charge in [-0.1, -0.05) is 61.8 Å². The van der Waals surface area contributed by atoms with Crippen molar-refractivity contribution in [2.75, 3.05) is 0 Å². The lowest BCUT2D eigenvalue weighted by molar-refractivity contribution is -0.106. The van der Waals surface area contributed by atoms with E-state index in [4.69, 9.17) is 4.79 Å². The largest absolute Gasteiger partial charge is 0.304 e. The highest BCUT2D eigenvalue weighted by atomic mass is 16.1. The van der Waals surface area contributed by atoms with Gasteiger partial charge in [-0.05, 0) is 12.3 Å². The van der Waals surface area contributed by atoms with Gasteiger partial charge >= 0.3 is 0 Å². The van der Waals surface area contributed by atoms with Gasteiger partial charge in [0.1, 0.15) is 6.29 Å². The second-order valence-corrected chi connectivity index (χ2v) is 3.94. The molecule has 0 aromatic carbocycles. The number of hydrogen-bond donors (Lipinski definition) is 0. The van der Waals surface area contributed by atoms with Crippen molar-refractivity contribution in [3.05, 3.63) is 0 Å². The van der Waals surface area contributed by atoms with Crippen molar-refractivity contribution in [2.24, 2.45) is 5.41 Å². The van der Waals surface area contributed by atoms with E-state index in [9.17, 15) is 0 Å². The van der Waals surface area contributed by atoms with Crippen LogP contribution in [0.15, 0.2) is 0 Å². The lowest BCUT2D eigenvalue weighted by Gasteiger charge is -2.05. The highest BCUT2D eigenvalue weighted by molar-refractivity contribution is 5.44. The van der Waals surface area contributed by atoms with Crippen LogP contribution in [0, 0.1) is 5.41 Å². The summed E-state index contributed by atoms with van der Waals surface area (Å²) in [5.41, 5.74) is 0.500. The molecule has 1 heteroatoms. The molecule has 0 amide bonds. The fraction of sp³-hybridized carbons (Fsp3) is 0.917. The molecule has 0 spiro atoms. The number of carbonyl (C=O) groups is 1. The molecule has 1 nitrogen and oxygen atoms in total. The van der Waals surface area contributed by atoms with E-state index in [2.05, 4.69) is 41.5 Å². The van der Waals surface area contributed by atoms with E-state index < -0.39 is 0 Å². The lowest BCUT2D eigenvalue weighted by Crippen LogP contribution is -1.93. The first-order valence-electron chi connectivity index (χ1n) is 5.23. The van der Waals surface area contributed by atoms with Crippen molar-refractivity contribution in [3.8, 4) is 0 Å². The summed E-state index contributed by atoms with van der Waals surface area (Å²) in [6.07, 6.45) is 2.00. The minimum atomic E-state index is 0.500. The van der Waals surface area contributed by atoms with Crippen LogP contribution in [0.2, 0.25) is 0 Å². The molecule has 0 heterocycles. The molecule has 0 aliphatic carbocycles. The van der Waals surface area contributed by atoms with Crippen molar-refractivity contribution in [2.45, 2.75) is 68.7 Å². The molecule has 0 unspecified atom stereocenters. The van der Waals surface area contributed by atoms with Crippen LogP contribution in [0.1, 0.15) is 68.7 Å². The molecule has 0 aromatic heterocycles. The monoisotopic (exact) mass is 190 g/mol. The van der Waals surface area contributed by atoms with Gasteiger partial charge in [-0.15, -0.1) is 0 Å². The third-order valence-corrected chi connectivity index (χ3v) is 0. The SMILES string of the molecule is CC.CC(C)(C)C.CC=O.CCC. The average Bonchev–Trinajstić information content (AvgIpc) is 1.90. The Hall–Kier alpha value is -0.330. The highest BCUT2D eigenvalue weighted by Crippen LogP contribution is 2.07. The Morgan fingerprint density at radius 1 is 1.00 bits per heavy atom. The number of rotatable bonds is 0. The minimum Gasteiger partial charge on any atom is -0.304 e. The van der Waals surface area contributed by atoms with Crippen molar-refractivity contribution in [1.82, 2.24) is 0 Å². The molecular weight excluding hydrogens is 160 g/mol. The molecule has 0 aliphatic heterocycles. The zero-order chi connectivity index (χ0) is 11.9. The minimum absolute atomic E-state index is 0.500. The normalized spacial score (nSPS) is 7.46. The molecule has 0 aliphatic rings. The predicted octanol–water partition coefficient (Wildman–Crippen LogP) is 4.70. The molecule has 0 atom stereocenters. The topological polar surface area (TPSA) is 17.1 Å². The van der Waals surface area contributed by atoms with Gasteiger partial charge in [0.05, 0.1) is 0 Å². The Morgan fingerprint density at radius 2 is 1.00 bits per heavy atom. The van der Waals surface area contributed by atoms with Crippen LogP contribution in [0.5, 0.6) is 0 Å². The third kappa shape index (κ3) is 10000. The second kappa shape index (κ2) is 22.6. The molecule has 0 bridgehead atoms. The fourth-order valence-electron chi connectivity index (χ4n) is 0. The summed E-state index contributed by atoms with van der Waals surface area (Å²) in [7, 11) is 0. The van der Waals surface area contributed by atoms with Crippen LogP contribution in [0.25, 0.3) is 0 Å². The van der Waals surface area contributed by atoms with Gasteiger partial charge in [-0.2, -0.15) is 0 Å². The van der Waals surface area contributed by atoms with E-state index in [1.807, 2.05) is 13.8 Å². The molecule has 0 radical (unpaired) electrons. The van der Waals surface area contributed by atoms with Gasteiger partial charge in [-0.25, -0.2) is 0 Å². The van der Waals surface area contributed by atoms with E-state index >= 15 is 0 Å². The number of hydrogen-bond acceptors (Lipinski definition) is 1. The van der Waals surface area contributed by atoms with E-state index in [1.165, 1.54) is 13.3 Å². The van der Waals surface area contributed by atoms with Crippen LogP contribution in [0.4, 0.5) is 0 Å². The van der Waals surface area contributed by atoms with Crippen LogP contribution in [0.3, 0.4) is 0 Å². The molecule has 0 fully saturated rings. The fourth-order valence-corrected chi connectivity index (χ4v) is 0. The van der Waals surface area contributed by atoms with Gasteiger partial charge in [0.25, 0.3) is 0 Å². The molecular formula is C12H30O. The van der Waals surface area contributed by atoms with Crippen LogP contribution in [-0.4, -0.2) is 6.29 Å². The molecule has 0 saturated carbocycles. The highest BCUT2D eigenvalue weighted by Gasteiger charge is 1.95. The number of aldehydes is 1.